The minimum atomic E-state index is 0.139. The number of nitrogens with zero attached hydrogens (tertiary/aromatic N) is 2. The maximum Gasteiger partial charge on any atom is 0.320 e. The zero-order chi connectivity index (χ0) is 10.6. The van der Waals surface area contributed by atoms with Crippen LogP contribution in [0.5, 0.6) is 0 Å². The Morgan fingerprint density at radius 3 is 2.93 bits per heavy atom. The van der Waals surface area contributed by atoms with Crippen molar-refractivity contribution in [1.82, 2.24) is 9.80 Å². The van der Waals surface area contributed by atoms with Crippen molar-refractivity contribution < 1.29 is 4.79 Å². The largest absolute Gasteiger partial charge is 0.329 e. The standard InChI is InChI=1S/C10H21N3O/c1-3-9-5-4-7-13(9)10(14)12(2)8-6-11/h9H,3-8,11H2,1-2H3. The second-order valence-corrected chi connectivity index (χ2v) is 3.89. The van der Waals surface area contributed by atoms with E-state index in [0.29, 0.717) is 19.1 Å². The fraction of sp³-hybridized carbons (Fsp3) is 0.900. The molecule has 0 bridgehead atoms. The molecule has 4 heteroatoms. The molecule has 82 valence electrons. The lowest BCUT2D eigenvalue weighted by Crippen LogP contribution is -2.45. The van der Waals surface area contributed by atoms with Gasteiger partial charge in [0, 0.05) is 32.7 Å². The van der Waals surface area contributed by atoms with Crippen molar-refractivity contribution in [3.63, 3.8) is 0 Å². The zero-order valence-corrected chi connectivity index (χ0v) is 9.20. The van der Waals surface area contributed by atoms with E-state index in [2.05, 4.69) is 6.92 Å². The van der Waals surface area contributed by atoms with E-state index in [0.717, 1.165) is 25.8 Å². The summed E-state index contributed by atoms with van der Waals surface area (Å²) in [6.45, 7) is 4.23. The van der Waals surface area contributed by atoms with Crippen LogP contribution in [0.1, 0.15) is 26.2 Å². The molecule has 1 atom stereocenters. The van der Waals surface area contributed by atoms with Gasteiger partial charge in [-0.15, -0.1) is 0 Å². The maximum atomic E-state index is 11.9. The van der Waals surface area contributed by atoms with E-state index >= 15 is 0 Å². The van der Waals surface area contributed by atoms with Crippen LogP contribution in [0.15, 0.2) is 0 Å². The molecule has 0 aromatic carbocycles. The molecule has 1 fully saturated rings. The number of likely N-dealkylation sites (tertiary alicyclic amines) is 1. The van der Waals surface area contributed by atoms with Crippen LogP contribution >= 0.6 is 0 Å². The molecule has 0 radical (unpaired) electrons. The van der Waals surface area contributed by atoms with Gasteiger partial charge in [0.25, 0.3) is 0 Å². The summed E-state index contributed by atoms with van der Waals surface area (Å²) in [6, 6.07) is 0.586. The minimum absolute atomic E-state index is 0.139. The molecule has 0 aromatic heterocycles. The van der Waals surface area contributed by atoms with Gasteiger partial charge in [0.15, 0.2) is 0 Å². The van der Waals surface area contributed by atoms with Crippen molar-refractivity contribution in [3.8, 4) is 0 Å². The molecule has 1 heterocycles. The lowest BCUT2D eigenvalue weighted by molar-refractivity contribution is 0.158. The summed E-state index contributed by atoms with van der Waals surface area (Å²) in [5.41, 5.74) is 5.42. The highest BCUT2D eigenvalue weighted by molar-refractivity contribution is 5.74. The summed E-state index contributed by atoms with van der Waals surface area (Å²) in [5.74, 6) is 0. The number of likely N-dealkylation sites (N-methyl/N-ethyl adjacent to an activating group) is 1. The number of carbonyl (C=O) groups is 1. The van der Waals surface area contributed by atoms with Gasteiger partial charge in [-0.2, -0.15) is 0 Å². The summed E-state index contributed by atoms with van der Waals surface area (Å²) in [4.78, 5) is 15.6. The van der Waals surface area contributed by atoms with Crippen LogP contribution in [0, 0.1) is 0 Å². The number of hydrogen-bond acceptors (Lipinski definition) is 2. The fourth-order valence-electron chi connectivity index (χ4n) is 2.02. The number of amides is 2. The first-order valence-corrected chi connectivity index (χ1v) is 5.42. The molecule has 4 nitrogen and oxygen atoms in total. The molecule has 2 amide bonds. The molecular formula is C10H21N3O. The SMILES string of the molecule is CCC1CCCN1C(=O)N(C)CCN. The van der Waals surface area contributed by atoms with Crippen molar-refractivity contribution in [2.24, 2.45) is 5.73 Å². The lowest BCUT2D eigenvalue weighted by atomic mass is 10.2. The quantitative estimate of drug-likeness (QED) is 0.733. The van der Waals surface area contributed by atoms with E-state index in [1.807, 2.05) is 11.9 Å². The van der Waals surface area contributed by atoms with E-state index < -0.39 is 0 Å². The van der Waals surface area contributed by atoms with Crippen LogP contribution in [-0.2, 0) is 0 Å². The second kappa shape index (κ2) is 5.20. The molecule has 0 aliphatic carbocycles. The highest BCUT2D eigenvalue weighted by Gasteiger charge is 2.28. The molecule has 0 spiro atoms. The van der Waals surface area contributed by atoms with Crippen LogP contribution in [0.4, 0.5) is 4.79 Å². The Balaban J connectivity index is 2.50. The van der Waals surface area contributed by atoms with Crippen molar-refractivity contribution in [2.45, 2.75) is 32.2 Å². The van der Waals surface area contributed by atoms with E-state index in [9.17, 15) is 4.79 Å². The third-order valence-electron chi connectivity index (χ3n) is 2.89. The van der Waals surface area contributed by atoms with Crippen molar-refractivity contribution in [1.29, 1.82) is 0 Å². The first kappa shape index (κ1) is 11.3. The Hall–Kier alpha value is -0.770. The van der Waals surface area contributed by atoms with Gasteiger partial charge in [-0.3, -0.25) is 0 Å². The summed E-state index contributed by atoms with van der Waals surface area (Å²) < 4.78 is 0. The summed E-state index contributed by atoms with van der Waals surface area (Å²) in [5, 5.41) is 0. The molecule has 1 aliphatic rings. The topological polar surface area (TPSA) is 49.6 Å². The minimum Gasteiger partial charge on any atom is -0.329 e. The highest BCUT2D eigenvalue weighted by atomic mass is 16.2. The number of nitrogens with two attached hydrogens (primary N) is 1. The predicted octanol–water partition coefficient (Wildman–Crippen LogP) is 0.871. The summed E-state index contributed by atoms with van der Waals surface area (Å²) in [7, 11) is 1.82. The lowest BCUT2D eigenvalue weighted by Gasteiger charge is -2.28. The molecule has 2 N–H and O–H groups in total. The Kier molecular flexibility index (Phi) is 4.20. The van der Waals surface area contributed by atoms with Gasteiger partial charge in [0.1, 0.15) is 0 Å². The van der Waals surface area contributed by atoms with Gasteiger partial charge in [-0.1, -0.05) is 6.92 Å². The Morgan fingerprint density at radius 2 is 2.36 bits per heavy atom. The van der Waals surface area contributed by atoms with Crippen LogP contribution in [0.25, 0.3) is 0 Å². The Bertz CT molecular complexity index is 196. The smallest absolute Gasteiger partial charge is 0.320 e. The van der Waals surface area contributed by atoms with Gasteiger partial charge >= 0.3 is 6.03 Å². The molecule has 1 rings (SSSR count). The van der Waals surface area contributed by atoms with Gasteiger partial charge in [-0.05, 0) is 19.3 Å². The number of hydrogen-bond donors (Lipinski definition) is 1. The van der Waals surface area contributed by atoms with Crippen LogP contribution in [0.2, 0.25) is 0 Å². The normalized spacial score (nSPS) is 21.4. The number of urea groups is 1. The number of carbonyl (C=O) groups excluding carboxylic acids is 1. The molecule has 0 aromatic rings. The first-order valence-electron chi connectivity index (χ1n) is 5.42. The summed E-state index contributed by atoms with van der Waals surface area (Å²) >= 11 is 0. The highest BCUT2D eigenvalue weighted by Crippen LogP contribution is 2.20. The van der Waals surface area contributed by atoms with E-state index in [4.69, 9.17) is 5.73 Å². The van der Waals surface area contributed by atoms with Gasteiger partial charge < -0.3 is 15.5 Å². The summed E-state index contributed by atoms with van der Waals surface area (Å²) in [6.07, 6.45) is 3.35. The average molecular weight is 199 g/mol. The molecule has 1 unspecified atom stereocenters. The number of rotatable bonds is 3. The van der Waals surface area contributed by atoms with Crippen molar-refractivity contribution in [3.05, 3.63) is 0 Å². The van der Waals surface area contributed by atoms with Gasteiger partial charge in [-0.25, -0.2) is 4.79 Å². The third kappa shape index (κ3) is 2.38. The monoisotopic (exact) mass is 199 g/mol. The van der Waals surface area contributed by atoms with Crippen molar-refractivity contribution in [2.75, 3.05) is 26.7 Å². The van der Waals surface area contributed by atoms with Crippen LogP contribution < -0.4 is 5.73 Å². The Labute approximate surface area is 86.0 Å². The molecule has 14 heavy (non-hydrogen) atoms. The second-order valence-electron chi connectivity index (χ2n) is 3.89. The third-order valence-corrected chi connectivity index (χ3v) is 2.89. The fourth-order valence-corrected chi connectivity index (χ4v) is 2.02. The predicted molar refractivity (Wildman–Crippen MR) is 57.1 cm³/mol. The van der Waals surface area contributed by atoms with E-state index in [1.54, 1.807) is 4.90 Å². The molecule has 1 saturated heterocycles. The van der Waals surface area contributed by atoms with Gasteiger partial charge in [0.05, 0.1) is 0 Å². The molecular weight excluding hydrogens is 178 g/mol. The molecule has 0 saturated carbocycles. The van der Waals surface area contributed by atoms with E-state index in [-0.39, 0.29) is 6.03 Å². The van der Waals surface area contributed by atoms with E-state index in [1.165, 1.54) is 0 Å². The van der Waals surface area contributed by atoms with Crippen LogP contribution in [-0.4, -0.2) is 48.6 Å². The van der Waals surface area contributed by atoms with Crippen LogP contribution in [0.3, 0.4) is 0 Å². The average Bonchev–Trinajstić information content (AvgIpc) is 2.64. The maximum absolute atomic E-state index is 11.9. The first-order chi connectivity index (χ1) is 6.70. The zero-order valence-electron chi connectivity index (χ0n) is 9.20. The Morgan fingerprint density at radius 1 is 1.64 bits per heavy atom. The van der Waals surface area contributed by atoms with Crippen molar-refractivity contribution >= 4 is 6.03 Å². The van der Waals surface area contributed by atoms with Gasteiger partial charge in [0.2, 0.25) is 0 Å². The molecule has 1 aliphatic heterocycles.